The second-order valence-corrected chi connectivity index (χ2v) is 8.98. The molecule has 2 heterocycles. The van der Waals surface area contributed by atoms with E-state index in [-0.39, 0.29) is 30.2 Å². The molecule has 0 aromatic heterocycles. The molecule has 2 aliphatic heterocycles. The molecule has 2 amide bonds. The first kappa shape index (κ1) is 22.0. The van der Waals surface area contributed by atoms with Gasteiger partial charge in [0, 0.05) is 51.2 Å². The Morgan fingerprint density at radius 1 is 1.10 bits per heavy atom. The number of nitrogens with zero attached hydrogens (tertiary/aromatic N) is 3. The van der Waals surface area contributed by atoms with Crippen LogP contribution in [0.15, 0.2) is 24.3 Å². The first-order valence-corrected chi connectivity index (χ1v) is 11.3. The number of amides is 2. The number of imide groups is 1. The fraction of sp³-hybridized carbons (Fsp3) is 0.652. The highest BCUT2D eigenvalue weighted by Gasteiger charge is 2.45. The molecule has 8 heteroatoms. The summed E-state index contributed by atoms with van der Waals surface area (Å²) in [5.41, 5.74) is 1.08. The minimum Gasteiger partial charge on any atom is -0.495 e. The summed E-state index contributed by atoms with van der Waals surface area (Å²) in [6.45, 7) is 6.19. The van der Waals surface area contributed by atoms with Crippen molar-refractivity contribution < 1.29 is 19.4 Å². The van der Waals surface area contributed by atoms with E-state index in [4.69, 9.17) is 4.74 Å². The number of β-amino-alcohol motifs (C(OH)–C–C–N with tert-alkyl or cyclic N) is 1. The molecular formula is C23H34N4O4. The Hall–Kier alpha value is -2.16. The molecule has 0 radical (unpaired) electrons. The van der Waals surface area contributed by atoms with Crippen molar-refractivity contribution in [2.45, 2.75) is 31.9 Å². The lowest BCUT2D eigenvalue weighted by Crippen LogP contribution is -2.50. The van der Waals surface area contributed by atoms with Crippen molar-refractivity contribution in [1.29, 1.82) is 0 Å². The molecule has 0 spiro atoms. The van der Waals surface area contributed by atoms with Crippen LogP contribution in [-0.4, -0.2) is 91.8 Å². The average molecular weight is 431 g/mol. The molecule has 3 unspecified atom stereocenters. The van der Waals surface area contributed by atoms with E-state index in [2.05, 4.69) is 21.2 Å². The minimum absolute atomic E-state index is 0.0780. The maximum atomic E-state index is 12.8. The number of likely N-dealkylation sites (tertiary alicyclic amines) is 1. The van der Waals surface area contributed by atoms with Gasteiger partial charge in [-0.2, -0.15) is 0 Å². The van der Waals surface area contributed by atoms with Gasteiger partial charge in [0.05, 0.1) is 31.4 Å². The van der Waals surface area contributed by atoms with Gasteiger partial charge in [-0.1, -0.05) is 19.1 Å². The van der Waals surface area contributed by atoms with Crippen molar-refractivity contribution in [1.82, 2.24) is 15.1 Å². The number of carbonyl (C=O) groups is 2. The zero-order valence-electron chi connectivity index (χ0n) is 18.5. The fourth-order valence-electron chi connectivity index (χ4n) is 4.59. The average Bonchev–Trinajstić information content (AvgIpc) is 3.59. The van der Waals surface area contributed by atoms with Crippen LogP contribution in [0.3, 0.4) is 0 Å². The monoisotopic (exact) mass is 430 g/mol. The van der Waals surface area contributed by atoms with Gasteiger partial charge in [0.25, 0.3) is 0 Å². The van der Waals surface area contributed by atoms with E-state index in [1.54, 1.807) is 7.11 Å². The molecule has 2 saturated heterocycles. The van der Waals surface area contributed by atoms with Crippen LogP contribution in [0.2, 0.25) is 0 Å². The lowest BCUT2D eigenvalue weighted by Gasteiger charge is -2.37. The number of hydrogen-bond donors (Lipinski definition) is 2. The van der Waals surface area contributed by atoms with Gasteiger partial charge < -0.3 is 20.1 Å². The molecule has 1 aromatic rings. The predicted octanol–water partition coefficient (Wildman–Crippen LogP) is 0.551. The summed E-state index contributed by atoms with van der Waals surface area (Å²) in [4.78, 5) is 31.1. The second kappa shape index (κ2) is 9.54. The number of ether oxygens (including phenoxy) is 1. The van der Waals surface area contributed by atoms with Crippen LogP contribution < -0.4 is 15.0 Å². The zero-order valence-corrected chi connectivity index (χ0v) is 18.5. The van der Waals surface area contributed by atoms with E-state index in [0.717, 1.165) is 50.5 Å². The van der Waals surface area contributed by atoms with Crippen LogP contribution in [0.25, 0.3) is 0 Å². The molecule has 3 atom stereocenters. The molecule has 8 nitrogen and oxygen atoms in total. The number of hydrogen-bond acceptors (Lipinski definition) is 7. The number of aliphatic hydroxyl groups is 1. The van der Waals surface area contributed by atoms with Crippen molar-refractivity contribution >= 4 is 17.5 Å². The number of carbonyl (C=O) groups excluding carboxylic acids is 2. The van der Waals surface area contributed by atoms with Gasteiger partial charge in [0.2, 0.25) is 11.8 Å². The van der Waals surface area contributed by atoms with Gasteiger partial charge in [-0.3, -0.25) is 19.4 Å². The van der Waals surface area contributed by atoms with Crippen LogP contribution in [0.5, 0.6) is 5.75 Å². The highest BCUT2D eigenvalue weighted by molar-refractivity contribution is 6.05. The topological polar surface area (TPSA) is 85.3 Å². The molecule has 31 heavy (non-hydrogen) atoms. The number of anilines is 1. The van der Waals surface area contributed by atoms with Crippen LogP contribution >= 0.6 is 0 Å². The first-order valence-electron chi connectivity index (χ1n) is 11.3. The third kappa shape index (κ3) is 5.02. The smallest absolute Gasteiger partial charge is 0.234 e. The summed E-state index contributed by atoms with van der Waals surface area (Å²) in [6.07, 6.45) is 1.56. The van der Waals surface area contributed by atoms with Crippen molar-refractivity contribution in [3.8, 4) is 5.75 Å². The van der Waals surface area contributed by atoms with Gasteiger partial charge in [0.15, 0.2) is 0 Å². The lowest BCUT2D eigenvalue weighted by atomic mass is 9.97. The Morgan fingerprint density at radius 3 is 2.48 bits per heavy atom. The Kier molecular flexibility index (Phi) is 6.79. The number of methoxy groups -OCH3 is 1. The van der Waals surface area contributed by atoms with Crippen LogP contribution in [0.4, 0.5) is 5.69 Å². The van der Waals surface area contributed by atoms with Crippen LogP contribution in [-0.2, 0) is 9.59 Å². The second-order valence-electron chi connectivity index (χ2n) is 8.98. The first-order chi connectivity index (χ1) is 15.0. The van der Waals surface area contributed by atoms with Crippen molar-refractivity contribution in [2.24, 2.45) is 11.8 Å². The maximum Gasteiger partial charge on any atom is 0.234 e. The van der Waals surface area contributed by atoms with E-state index in [1.807, 2.05) is 25.1 Å². The highest BCUT2D eigenvalue weighted by Crippen LogP contribution is 2.29. The van der Waals surface area contributed by atoms with Crippen molar-refractivity contribution in [2.75, 3.05) is 57.8 Å². The summed E-state index contributed by atoms with van der Waals surface area (Å²) in [5.74, 6) is -0.0831. The molecule has 3 fully saturated rings. The third-order valence-corrected chi connectivity index (χ3v) is 6.71. The third-order valence-electron chi connectivity index (χ3n) is 6.71. The molecule has 170 valence electrons. The summed E-state index contributed by atoms with van der Waals surface area (Å²) in [6, 6.07) is 8.49. The molecule has 2 N–H and O–H groups in total. The Labute approximate surface area is 184 Å². The van der Waals surface area contributed by atoms with Gasteiger partial charge in [0.1, 0.15) is 5.75 Å². The molecular weight excluding hydrogens is 396 g/mol. The summed E-state index contributed by atoms with van der Waals surface area (Å²) < 4.78 is 5.47. The maximum absolute atomic E-state index is 12.8. The van der Waals surface area contributed by atoms with Crippen LogP contribution in [0.1, 0.15) is 19.8 Å². The number of piperazine rings is 1. The number of nitrogens with one attached hydrogen (secondary N) is 1. The SMILES string of the molecule is COc1ccccc1N1CCN(CC(O)CN2C(=O)C(C)C(CNC3CC3)C2=O)CC1. The summed E-state index contributed by atoms with van der Waals surface area (Å²) in [7, 11) is 1.68. The molecule has 4 rings (SSSR count). The predicted molar refractivity (Wildman–Crippen MR) is 118 cm³/mol. The number of rotatable bonds is 9. The number of para-hydroxylation sites is 2. The van der Waals surface area contributed by atoms with Gasteiger partial charge in [-0.15, -0.1) is 0 Å². The molecule has 1 aromatic carbocycles. The van der Waals surface area contributed by atoms with Gasteiger partial charge in [-0.05, 0) is 25.0 Å². The van der Waals surface area contributed by atoms with E-state index in [0.29, 0.717) is 19.1 Å². The van der Waals surface area contributed by atoms with Crippen molar-refractivity contribution in [3.63, 3.8) is 0 Å². The quantitative estimate of drug-likeness (QED) is 0.554. The largest absolute Gasteiger partial charge is 0.495 e. The highest BCUT2D eigenvalue weighted by atomic mass is 16.5. The van der Waals surface area contributed by atoms with Gasteiger partial charge >= 0.3 is 0 Å². The van der Waals surface area contributed by atoms with E-state index in [1.165, 1.54) is 4.90 Å². The zero-order chi connectivity index (χ0) is 22.0. The molecule has 0 bridgehead atoms. The number of benzene rings is 1. The fourth-order valence-corrected chi connectivity index (χ4v) is 4.59. The van der Waals surface area contributed by atoms with Crippen LogP contribution in [0, 0.1) is 11.8 Å². The molecule has 3 aliphatic rings. The van der Waals surface area contributed by atoms with E-state index >= 15 is 0 Å². The minimum atomic E-state index is -0.743. The normalized spacial score (nSPS) is 25.9. The van der Waals surface area contributed by atoms with Gasteiger partial charge in [-0.25, -0.2) is 0 Å². The Balaban J connectivity index is 1.26. The van der Waals surface area contributed by atoms with Crippen molar-refractivity contribution in [3.05, 3.63) is 24.3 Å². The Bertz CT molecular complexity index is 792. The van der Waals surface area contributed by atoms with E-state index in [9.17, 15) is 14.7 Å². The standard InChI is InChI=1S/C23H34N4O4/c1-16-19(13-24-17-7-8-17)23(30)27(22(16)29)15-18(28)14-25-9-11-26(12-10-25)20-5-3-4-6-21(20)31-2/h3-6,16-19,24,28H,7-15H2,1-2H3. The molecule has 1 saturated carbocycles. The Morgan fingerprint density at radius 2 is 1.81 bits per heavy atom. The summed E-state index contributed by atoms with van der Waals surface area (Å²) in [5, 5.41) is 14.0. The lowest BCUT2D eigenvalue weighted by molar-refractivity contribution is -0.141. The summed E-state index contributed by atoms with van der Waals surface area (Å²) >= 11 is 0. The number of aliphatic hydroxyl groups excluding tert-OH is 1. The molecule has 1 aliphatic carbocycles. The van der Waals surface area contributed by atoms with E-state index < -0.39 is 6.10 Å².